The molecule has 0 bridgehead atoms. The van der Waals surface area contributed by atoms with Crippen LogP contribution in [0.1, 0.15) is 21.7 Å². The number of hydrogen-bond donors (Lipinski definition) is 1. The molecule has 1 aromatic heterocycles. The van der Waals surface area contributed by atoms with E-state index in [0.717, 1.165) is 24.5 Å². The molecule has 6 nitrogen and oxygen atoms in total. The third-order valence-electron chi connectivity index (χ3n) is 4.87. The van der Waals surface area contributed by atoms with Crippen molar-refractivity contribution in [3.05, 3.63) is 70.2 Å². The molecule has 3 aromatic rings. The van der Waals surface area contributed by atoms with Crippen molar-refractivity contribution in [3.63, 3.8) is 0 Å². The minimum atomic E-state index is -4.02. The van der Waals surface area contributed by atoms with Crippen LogP contribution < -0.4 is 14.4 Å². The minimum Gasteiger partial charge on any atom is -0.494 e. The molecule has 9 heteroatoms. The van der Waals surface area contributed by atoms with Gasteiger partial charge in [-0.1, -0.05) is 12.1 Å². The van der Waals surface area contributed by atoms with Gasteiger partial charge in [-0.25, -0.2) is 12.8 Å². The molecule has 0 unspecified atom stereocenters. The fraction of sp³-hybridized carbons (Fsp3) is 0.190. The molecule has 0 atom stereocenters. The van der Waals surface area contributed by atoms with Crippen molar-refractivity contribution in [2.24, 2.45) is 0 Å². The predicted octanol–water partition coefficient (Wildman–Crippen LogP) is 4.29. The lowest BCUT2D eigenvalue weighted by Gasteiger charge is -2.29. The molecule has 0 spiro atoms. The Morgan fingerprint density at radius 1 is 1.20 bits per heavy atom. The maximum atomic E-state index is 14.0. The Bertz CT molecular complexity index is 1190. The van der Waals surface area contributed by atoms with Gasteiger partial charge in [0.2, 0.25) is 0 Å². The first-order chi connectivity index (χ1) is 14.4. The van der Waals surface area contributed by atoms with Crippen LogP contribution in [0.25, 0.3) is 0 Å². The molecule has 30 heavy (non-hydrogen) atoms. The summed E-state index contributed by atoms with van der Waals surface area (Å²) in [6.07, 6.45) is 1.64. The molecule has 1 amide bonds. The zero-order valence-corrected chi connectivity index (χ0v) is 17.7. The third-order valence-corrected chi connectivity index (χ3v) is 7.10. The van der Waals surface area contributed by atoms with Gasteiger partial charge in [0.15, 0.2) is 11.6 Å². The number of carbonyl (C=O) groups excluding carboxylic acids is 1. The highest BCUT2D eigenvalue weighted by Crippen LogP contribution is 2.33. The van der Waals surface area contributed by atoms with Gasteiger partial charge in [0, 0.05) is 12.2 Å². The van der Waals surface area contributed by atoms with E-state index in [9.17, 15) is 17.6 Å². The number of thiophene rings is 1. The number of fused-ring (bicyclic) bond motifs is 1. The van der Waals surface area contributed by atoms with Crippen molar-refractivity contribution in [3.8, 4) is 5.75 Å². The quantitative estimate of drug-likeness (QED) is 0.634. The average molecular weight is 447 g/mol. The molecule has 1 N–H and O–H groups in total. The van der Waals surface area contributed by atoms with Crippen LogP contribution in [0, 0.1) is 5.82 Å². The predicted molar refractivity (Wildman–Crippen MR) is 115 cm³/mol. The number of aryl methyl sites for hydroxylation is 1. The highest BCUT2D eigenvalue weighted by Gasteiger charge is 2.25. The molecular weight excluding hydrogens is 427 g/mol. The Kier molecular flexibility index (Phi) is 5.48. The van der Waals surface area contributed by atoms with Crippen LogP contribution in [0.2, 0.25) is 0 Å². The van der Waals surface area contributed by atoms with Crippen molar-refractivity contribution in [2.45, 2.75) is 17.7 Å². The SMILES string of the molecule is COc1ccc(S(=O)(=O)Nc2ccc3c(c2)N(C(=O)c2cccs2)CCC3)cc1F. The molecule has 0 aliphatic carbocycles. The van der Waals surface area contributed by atoms with Crippen molar-refractivity contribution in [1.82, 2.24) is 0 Å². The summed E-state index contributed by atoms with van der Waals surface area (Å²) in [4.78, 5) is 15.0. The highest BCUT2D eigenvalue weighted by molar-refractivity contribution is 7.92. The topological polar surface area (TPSA) is 75.7 Å². The highest BCUT2D eigenvalue weighted by atomic mass is 32.2. The molecule has 1 aliphatic heterocycles. The molecule has 0 saturated carbocycles. The van der Waals surface area contributed by atoms with Crippen LogP contribution in [-0.4, -0.2) is 28.0 Å². The molecule has 1 aliphatic rings. The monoisotopic (exact) mass is 446 g/mol. The van der Waals surface area contributed by atoms with E-state index >= 15 is 0 Å². The lowest BCUT2D eigenvalue weighted by molar-refractivity contribution is 0.0989. The van der Waals surface area contributed by atoms with Crippen LogP contribution in [-0.2, 0) is 16.4 Å². The molecule has 0 fully saturated rings. The second-order valence-corrected chi connectivity index (χ2v) is 9.41. The van der Waals surface area contributed by atoms with E-state index < -0.39 is 15.8 Å². The number of amides is 1. The van der Waals surface area contributed by atoms with E-state index in [0.29, 0.717) is 22.8 Å². The first-order valence-corrected chi connectivity index (χ1v) is 11.6. The van der Waals surface area contributed by atoms with E-state index in [2.05, 4.69) is 4.72 Å². The Morgan fingerprint density at radius 3 is 2.73 bits per heavy atom. The number of sulfonamides is 1. The van der Waals surface area contributed by atoms with Gasteiger partial charge in [-0.15, -0.1) is 11.3 Å². The fourth-order valence-electron chi connectivity index (χ4n) is 3.41. The molecular formula is C21H19FN2O4S2. The van der Waals surface area contributed by atoms with Crippen LogP contribution in [0.5, 0.6) is 5.75 Å². The zero-order valence-electron chi connectivity index (χ0n) is 16.1. The number of nitrogens with one attached hydrogen (secondary N) is 1. The number of hydrogen-bond acceptors (Lipinski definition) is 5. The number of methoxy groups -OCH3 is 1. The second kappa shape index (κ2) is 8.08. The Balaban J connectivity index is 1.64. The summed E-state index contributed by atoms with van der Waals surface area (Å²) in [6.45, 7) is 0.559. The van der Waals surface area contributed by atoms with Gasteiger partial charge in [-0.3, -0.25) is 9.52 Å². The number of ether oxygens (including phenoxy) is 1. The first-order valence-electron chi connectivity index (χ1n) is 9.24. The van der Waals surface area contributed by atoms with Gasteiger partial charge in [0.25, 0.3) is 15.9 Å². The summed E-state index contributed by atoms with van der Waals surface area (Å²) >= 11 is 1.37. The van der Waals surface area contributed by atoms with E-state index in [1.807, 2.05) is 17.5 Å². The van der Waals surface area contributed by atoms with Crippen molar-refractivity contribution >= 4 is 38.6 Å². The van der Waals surface area contributed by atoms with Gasteiger partial charge in [0.1, 0.15) is 0 Å². The summed E-state index contributed by atoms with van der Waals surface area (Å²) in [6, 6.07) is 12.1. The normalized spacial score (nSPS) is 13.6. The van der Waals surface area contributed by atoms with Crippen molar-refractivity contribution in [2.75, 3.05) is 23.3 Å². The third kappa shape index (κ3) is 3.90. The van der Waals surface area contributed by atoms with Gasteiger partial charge < -0.3 is 9.64 Å². The maximum Gasteiger partial charge on any atom is 0.268 e. The lowest BCUT2D eigenvalue weighted by atomic mass is 10.0. The molecule has 0 saturated heterocycles. The summed E-state index contributed by atoms with van der Waals surface area (Å²) < 4.78 is 46.7. The van der Waals surface area contributed by atoms with Crippen LogP contribution in [0.3, 0.4) is 0 Å². The molecule has 2 aromatic carbocycles. The van der Waals surface area contributed by atoms with Gasteiger partial charge in [-0.2, -0.15) is 0 Å². The second-order valence-electron chi connectivity index (χ2n) is 6.78. The summed E-state index contributed by atoms with van der Waals surface area (Å²) in [5.74, 6) is -0.910. The summed E-state index contributed by atoms with van der Waals surface area (Å²) in [7, 11) is -2.71. The number of halogens is 1. The molecule has 2 heterocycles. The fourth-order valence-corrected chi connectivity index (χ4v) is 5.14. The summed E-state index contributed by atoms with van der Waals surface area (Å²) in [5, 5.41) is 1.84. The van der Waals surface area contributed by atoms with E-state index in [1.54, 1.807) is 23.1 Å². The average Bonchev–Trinajstić information content (AvgIpc) is 3.27. The zero-order chi connectivity index (χ0) is 21.3. The summed E-state index contributed by atoms with van der Waals surface area (Å²) in [5.41, 5.74) is 1.96. The smallest absolute Gasteiger partial charge is 0.268 e. The largest absolute Gasteiger partial charge is 0.494 e. The molecule has 0 radical (unpaired) electrons. The molecule has 156 valence electrons. The van der Waals surface area contributed by atoms with Crippen molar-refractivity contribution in [1.29, 1.82) is 0 Å². The Labute approximate surface area is 178 Å². The van der Waals surface area contributed by atoms with Crippen LogP contribution in [0.4, 0.5) is 15.8 Å². The maximum absolute atomic E-state index is 14.0. The van der Waals surface area contributed by atoms with Gasteiger partial charge in [0.05, 0.1) is 22.6 Å². The number of nitrogens with zero attached hydrogens (tertiary/aromatic N) is 1. The number of carbonyl (C=O) groups is 1. The van der Waals surface area contributed by atoms with E-state index in [-0.39, 0.29) is 16.6 Å². The number of rotatable bonds is 5. The van der Waals surface area contributed by atoms with Crippen LogP contribution >= 0.6 is 11.3 Å². The van der Waals surface area contributed by atoms with Gasteiger partial charge in [-0.05, 0) is 60.2 Å². The van der Waals surface area contributed by atoms with E-state index in [1.165, 1.54) is 30.6 Å². The number of benzene rings is 2. The Morgan fingerprint density at radius 2 is 2.03 bits per heavy atom. The number of anilines is 2. The molecule has 4 rings (SSSR count). The first kappa shape index (κ1) is 20.4. The Hall–Kier alpha value is -2.91. The van der Waals surface area contributed by atoms with E-state index in [4.69, 9.17) is 4.74 Å². The lowest BCUT2D eigenvalue weighted by Crippen LogP contribution is -2.35. The standard InChI is InChI=1S/C21H19FN2O4S2/c1-28-19-9-8-16(13-17(19)22)30(26,27)23-15-7-6-14-4-2-10-24(18(14)12-15)21(25)20-5-3-11-29-20/h3,5-9,11-13,23H,2,4,10H2,1H3. The minimum absolute atomic E-state index is 0.0366. The van der Waals surface area contributed by atoms with Gasteiger partial charge >= 0.3 is 0 Å². The van der Waals surface area contributed by atoms with Crippen LogP contribution in [0.15, 0.2) is 58.8 Å². The van der Waals surface area contributed by atoms with Crippen molar-refractivity contribution < 1.29 is 22.3 Å².